The monoisotopic (exact) mass is 388 g/mol. The van der Waals surface area contributed by atoms with Crippen LogP contribution in [-0.4, -0.2) is 78.5 Å². The molecule has 0 aliphatic carbocycles. The smallest absolute Gasteiger partial charge is 0.317 e. The first-order valence-electron chi connectivity index (χ1n) is 8.92. The Bertz CT molecular complexity index is 813. The number of hydrogen-bond donors (Lipinski definition) is 1. The van der Waals surface area contributed by atoms with Crippen molar-refractivity contribution in [3.8, 4) is 0 Å². The second-order valence-electron chi connectivity index (χ2n) is 6.72. The Labute approximate surface area is 163 Å². The molecule has 6 nitrogen and oxygen atoms in total. The van der Waals surface area contributed by atoms with Crippen molar-refractivity contribution in [2.75, 3.05) is 45.6 Å². The molecule has 0 radical (unpaired) electrons. The molecule has 0 bridgehead atoms. The average Bonchev–Trinajstić information content (AvgIpc) is 2.65. The second-order valence-corrected chi connectivity index (χ2v) is 7.77. The van der Waals surface area contributed by atoms with Crippen LogP contribution >= 0.6 is 11.8 Å². The van der Waals surface area contributed by atoms with Crippen LogP contribution in [0.2, 0.25) is 0 Å². The fourth-order valence-corrected chi connectivity index (χ4v) is 4.04. The van der Waals surface area contributed by atoms with E-state index in [0.717, 1.165) is 4.90 Å². The van der Waals surface area contributed by atoms with Gasteiger partial charge in [-0.15, -0.1) is 11.8 Å². The van der Waals surface area contributed by atoms with Crippen LogP contribution in [0.3, 0.4) is 0 Å². The molecule has 1 N–H and O–H groups in total. The van der Waals surface area contributed by atoms with Crippen molar-refractivity contribution in [3.63, 3.8) is 0 Å². The van der Waals surface area contributed by atoms with Gasteiger partial charge in [-0.05, 0) is 30.0 Å². The first-order valence-corrected chi connectivity index (χ1v) is 9.91. The van der Waals surface area contributed by atoms with Crippen molar-refractivity contribution in [3.05, 3.63) is 42.5 Å². The number of likely N-dealkylation sites (N-methyl/N-ethyl adjacent to an activating group) is 1. The first-order chi connectivity index (χ1) is 13.0. The van der Waals surface area contributed by atoms with Crippen molar-refractivity contribution in [1.82, 2.24) is 9.80 Å². The topological polar surface area (TPSA) is 70.1 Å². The molecule has 1 aliphatic rings. The molecule has 1 fully saturated rings. The van der Waals surface area contributed by atoms with E-state index in [1.54, 1.807) is 23.7 Å². The van der Waals surface area contributed by atoms with E-state index in [-0.39, 0.29) is 18.6 Å². The van der Waals surface area contributed by atoms with Crippen molar-refractivity contribution in [2.24, 2.45) is 0 Å². The minimum Gasteiger partial charge on any atom is -0.480 e. The number of amides is 1. The van der Waals surface area contributed by atoms with Gasteiger partial charge in [-0.25, -0.2) is 0 Å². The summed E-state index contributed by atoms with van der Waals surface area (Å²) in [5, 5.41) is 11.2. The van der Waals surface area contributed by atoms with E-state index in [1.165, 1.54) is 10.8 Å². The normalized spacial score (nSPS) is 17.4. The maximum Gasteiger partial charge on any atom is 0.317 e. The number of thioether (sulfide) groups is 1. The third-order valence-electron chi connectivity index (χ3n) is 4.50. The largest absolute Gasteiger partial charge is 0.480 e. The summed E-state index contributed by atoms with van der Waals surface area (Å²) in [6, 6.07) is 14.4. The highest BCUT2D eigenvalue weighted by atomic mass is 32.2. The molecule has 2 aromatic rings. The number of fused-ring (bicyclic) bond motifs is 1. The maximum absolute atomic E-state index is 12.6. The molecule has 1 heterocycles. The van der Waals surface area contributed by atoms with Crippen LogP contribution in [-0.2, 0) is 14.3 Å². The van der Waals surface area contributed by atoms with Gasteiger partial charge in [-0.3, -0.25) is 14.5 Å². The molecule has 0 saturated carbocycles. The molecule has 2 aromatic carbocycles. The summed E-state index contributed by atoms with van der Waals surface area (Å²) < 4.78 is 5.69. The summed E-state index contributed by atoms with van der Waals surface area (Å²) in [4.78, 5) is 28.0. The highest BCUT2D eigenvalue weighted by Gasteiger charge is 2.25. The number of benzene rings is 2. The lowest BCUT2D eigenvalue weighted by atomic mass is 10.1. The minimum atomic E-state index is -0.868. The number of aliphatic carboxylic acids is 1. The van der Waals surface area contributed by atoms with Gasteiger partial charge in [0.15, 0.2) is 0 Å². The number of nitrogens with zero attached hydrogens (tertiary/aromatic N) is 2. The highest BCUT2D eigenvalue weighted by molar-refractivity contribution is 8.00. The number of hydrogen-bond acceptors (Lipinski definition) is 5. The van der Waals surface area contributed by atoms with Gasteiger partial charge < -0.3 is 14.7 Å². The lowest BCUT2D eigenvalue weighted by Gasteiger charge is -2.34. The van der Waals surface area contributed by atoms with E-state index in [2.05, 4.69) is 24.3 Å². The second kappa shape index (κ2) is 9.21. The number of carbonyl (C=O) groups is 2. The molecule has 1 amide bonds. The first kappa shape index (κ1) is 19.7. The Morgan fingerprint density at radius 3 is 2.81 bits per heavy atom. The summed E-state index contributed by atoms with van der Waals surface area (Å²) in [6.07, 6.45) is -0.155. The Morgan fingerprint density at radius 2 is 2.04 bits per heavy atom. The molecule has 3 rings (SSSR count). The SMILES string of the molecule is CN(CC(=O)O)CC1CN(C(=O)CSc2ccc3ccccc3c2)CCO1. The summed E-state index contributed by atoms with van der Waals surface area (Å²) >= 11 is 1.54. The lowest BCUT2D eigenvalue weighted by molar-refractivity contribution is -0.141. The van der Waals surface area contributed by atoms with Gasteiger partial charge >= 0.3 is 5.97 Å². The number of rotatable bonds is 7. The molecular weight excluding hydrogens is 364 g/mol. The molecule has 144 valence electrons. The van der Waals surface area contributed by atoms with Crippen LogP contribution < -0.4 is 0 Å². The van der Waals surface area contributed by atoms with Crippen molar-refractivity contribution in [2.45, 2.75) is 11.0 Å². The Kier molecular flexibility index (Phi) is 6.71. The van der Waals surface area contributed by atoms with Crippen LogP contribution in [0.25, 0.3) is 10.8 Å². The van der Waals surface area contributed by atoms with Crippen LogP contribution in [0.4, 0.5) is 0 Å². The highest BCUT2D eigenvalue weighted by Crippen LogP contribution is 2.24. The van der Waals surface area contributed by atoms with Crippen molar-refractivity contribution < 1.29 is 19.4 Å². The average molecular weight is 388 g/mol. The number of ether oxygens (including phenoxy) is 1. The van der Waals surface area contributed by atoms with Gasteiger partial charge in [0.1, 0.15) is 0 Å². The fraction of sp³-hybridized carbons (Fsp3) is 0.400. The van der Waals surface area contributed by atoms with E-state index in [1.807, 2.05) is 23.1 Å². The Balaban J connectivity index is 1.51. The molecule has 1 saturated heterocycles. The predicted molar refractivity (Wildman–Crippen MR) is 106 cm³/mol. The zero-order chi connectivity index (χ0) is 19.2. The fourth-order valence-electron chi connectivity index (χ4n) is 3.19. The number of carboxylic acid groups (broad SMARTS) is 1. The Morgan fingerprint density at radius 1 is 1.26 bits per heavy atom. The molecule has 7 heteroatoms. The number of carboxylic acids is 1. The summed E-state index contributed by atoms with van der Waals surface area (Å²) in [5.74, 6) is -0.397. The summed E-state index contributed by atoms with van der Waals surface area (Å²) in [7, 11) is 1.74. The molecule has 1 atom stereocenters. The van der Waals surface area contributed by atoms with E-state index in [9.17, 15) is 9.59 Å². The molecule has 1 aliphatic heterocycles. The molecular formula is C20H24N2O4S. The molecule has 1 unspecified atom stereocenters. The van der Waals surface area contributed by atoms with Crippen LogP contribution in [0.1, 0.15) is 0 Å². The molecule has 27 heavy (non-hydrogen) atoms. The zero-order valence-electron chi connectivity index (χ0n) is 15.3. The van der Waals surface area contributed by atoms with E-state index in [0.29, 0.717) is 32.0 Å². The number of morpholine rings is 1. The lowest BCUT2D eigenvalue weighted by Crippen LogP contribution is -2.50. The minimum absolute atomic E-state index is 0.0361. The maximum atomic E-state index is 12.6. The quantitative estimate of drug-likeness (QED) is 0.733. The third-order valence-corrected chi connectivity index (χ3v) is 5.47. The van der Waals surface area contributed by atoms with Crippen LogP contribution in [0.15, 0.2) is 47.4 Å². The molecule has 0 aromatic heterocycles. The van der Waals surface area contributed by atoms with Crippen LogP contribution in [0.5, 0.6) is 0 Å². The van der Waals surface area contributed by atoms with Crippen molar-refractivity contribution >= 4 is 34.4 Å². The van der Waals surface area contributed by atoms with Gasteiger partial charge in [0.05, 0.1) is 25.0 Å². The third kappa shape index (κ3) is 5.69. The van der Waals surface area contributed by atoms with E-state index < -0.39 is 5.97 Å². The van der Waals surface area contributed by atoms with Crippen molar-refractivity contribution in [1.29, 1.82) is 0 Å². The summed E-state index contributed by atoms with van der Waals surface area (Å²) in [5.41, 5.74) is 0. The van der Waals surface area contributed by atoms with Gasteiger partial charge in [-0.1, -0.05) is 30.3 Å². The summed E-state index contributed by atoms with van der Waals surface area (Å²) in [6.45, 7) is 2.02. The van der Waals surface area contributed by atoms with Crippen LogP contribution in [0, 0.1) is 0 Å². The van der Waals surface area contributed by atoms with E-state index >= 15 is 0 Å². The standard InChI is InChI=1S/C20H24N2O4S/c1-21(13-20(24)25)11-17-12-22(8-9-26-17)19(23)14-27-18-7-6-15-4-2-3-5-16(15)10-18/h2-7,10,17H,8-9,11-14H2,1H3,(H,24,25). The van der Waals surface area contributed by atoms with Gasteiger partial charge in [0.25, 0.3) is 0 Å². The molecule has 0 spiro atoms. The van der Waals surface area contributed by atoms with Gasteiger partial charge in [-0.2, -0.15) is 0 Å². The zero-order valence-corrected chi connectivity index (χ0v) is 16.2. The van der Waals surface area contributed by atoms with Gasteiger partial charge in [0, 0.05) is 24.5 Å². The number of carbonyl (C=O) groups excluding carboxylic acids is 1. The predicted octanol–water partition coefficient (Wildman–Crippen LogP) is 2.18. The Hall–Kier alpha value is -2.09. The van der Waals surface area contributed by atoms with Gasteiger partial charge in [0.2, 0.25) is 5.91 Å². The van der Waals surface area contributed by atoms with E-state index in [4.69, 9.17) is 9.84 Å².